The second-order valence-corrected chi connectivity index (χ2v) is 5.43. The van der Waals surface area contributed by atoms with Crippen molar-refractivity contribution in [3.8, 4) is 0 Å². The number of hydrogen-bond donors (Lipinski definition) is 2. The van der Waals surface area contributed by atoms with Crippen molar-refractivity contribution in [2.45, 2.75) is 19.4 Å². The van der Waals surface area contributed by atoms with Gasteiger partial charge in [-0.05, 0) is 37.6 Å². The van der Waals surface area contributed by atoms with Crippen LogP contribution in [0.5, 0.6) is 0 Å². The van der Waals surface area contributed by atoms with Gasteiger partial charge in [-0.25, -0.2) is 0 Å². The third-order valence-corrected chi connectivity index (χ3v) is 3.81. The molecule has 114 valence electrons. The molecule has 1 aromatic rings. The molecule has 21 heavy (non-hydrogen) atoms. The van der Waals surface area contributed by atoms with Crippen LogP contribution < -0.4 is 11.1 Å². The Labute approximate surface area is 124 Å². The van der Waals surface area contributed by atoms with Crippen molar-refractivity contribution in [3.05, 3.63) is 24.3 Å². The molecule has 1 aromatic carbocycles. The number of nitrogens with zero attached hydrogens (tertiary/aromatic N) is 2. The van der Waals surface area contributed by atoms with Gasteiger partial charge in [0.25, 0.3) is 0 Å². The molecule has 6 nitrogen and oxygen atoms in total. The zero-order chi connectivity index (χ0) is 15.4. The molecule has 1 unspecified atom stereocenters. The highest BCUT2D eigenvalue weighted by atomic mass is 16.2. The van der Waals surface area contributed by atoms with Crippen molar-refractivity contribution in [2.24, 2.45) is 0 Å². The van der Waals surface area contributed by atoms with E-state index in [9.17, 15) is 9.59 Å². The Morgan fingerprint density at radius 1 is 1.29 bits per heavy atom. The maximum Gasteiger partial charge on any atom is 0.241 e. The van der Waals surface area contributed by atoms with E-state index in [1.165, 1.54) is 0 Å². The summed E-state index contributed by atoms with van der Waals surface area (Å²) in [6.07, 6.45) is 0.877. The van der Waals surface area contributed by atoms with Crippen molar-refractivity contribution < 1.29 is 9.59 Å². The quantitative estimate of drug-likeness (QED) is 0.806. The fourth-order valence-electron chi connectivity index (χ4n) is 2.32. The van der Waals surface area contributed by atoms with Crippen LogP contribution in [0.15, 0.2) is 24.3 Å². The second kappa shape index (κ2) is 6.58. The average molecular weight is 290 g/mol. The molecule has 6 heteroatoms. The van der Waals surface area contributed by atoms with Gasteiger partial charge in [0.2, 0.25) is 11.8 Å². The Kier molecular flexibility index (Phi) is 4.80. The molecule has 2 amide bonds. The third kappa shape index (κ3) is 3.95. The van der Waals surface area contributed by atoms with E-state index in [1.807, 2.05) is 11.8 Å². The largest absolute Gasteiger partial charge is 0.399 e. The molecular formula is C15H22N4O2. The molecule has 0 spiro atoms. The number of carbonyl (C=O) groups is 2. The normalized spacial score (nSPS) is 18.2. The Morgan fingerprint density at radius 2 is 1.95 bits per heavy atom. The topological polar surface area (TPSA) is 78.7 Å². The minimum atomic E-state index is -0.349. The highest BCUT2D eigenvalue weighted by Crippen LogP contribution is 2.13. The van der Waals surface area contributed by atoms with Crippen molar-refractivity contribution in [1.82, 2.24) is 9.80 Å². The summed E-state index contributed by atoms with van der Waals surface area (Å²) < 4.78 is 0. The lowest BCUT2D eigenvalue weighted by atomic mass is 10.2. The summed E-state index contributed by atoms with van der Waals surface area (Å²) in [5, 5.41) is 2.85. The number of carbonyl (C=O) groups excluding carboxylic acids is 2. The molecule has 0 radical (unpaired) electrons. The number of nitrogens with one attached hydrogen (secondary N) is 1. The van der Waals surface area contributed by atoms with Crippen LogP contribution in [0.25, 0.3) is 0 Å². The van der Waals surface area contributed by atoms with E-state index in [0.717, 1.165) is 19.5 Å². The molecule has 1 aliphatic rings. The molecule has 1 aliphatic heterocycles. The number of rotatable bonds is 3. The summed E-state index contributed by atoms with van der Waals surface area (Å²) >= 11 is 0. The first-order valence-electron chi connectivity index (χ1n) is 7.12. The number of hydrogen-bond acceptors (Lipinski definition) is 4. The average Bonchev–Trinajstić information content (AvgIpc) is 2.63. The number of benzene rings is 1. The minimum Gasteiger partial charge on any atom is -0.399 e. The first-order valence-corrected chi connectivity index (χ1v) is 7.12. The van der Waals surface area contributed by atoms with Crippen molar-refractivity contribution in [3.63, 3.8) is 0 Å². The summed E-state index contributed by atoms with van der Waals surface area (Å²) in [5.41, 5.74) is 6.98. The summed E-state index contributed by atoms with van der Waals surface area (Å²) in [4.78, 5) is 27.8. The molecule has 1 saturated heterocycles. The van der Waals surface area contributed by atoms with Gasteiger partial charge in [-0.1, -0.05) is 0 Å². The fourth-order valence-corrected chi connectivity index (χ4v) is 2.32. The van der Waals surface area contributed by atoms with Gasteiger partial charge in [0, 0.05) is 31.5 Å². The molecule has 0 aromatic heterocycles. The van der Waals surface area contributed by atoms with Crippen LogP contribution in [-0.2, 0) is 9.59 Å². The second-order valence-electron chi connectivity index (χ2n) is 5.43. The van der Waals surface area contributed by atoms with Crippen molar-refractivity contribution in [2.75, 3.05) is 37.7 Å². The highest BCUT2D eigenvalue weighted by Gasteiger charge is 2.26. The highest BCUT2D eigenvalue weighted by molar-refractivity contribution is 5.95. The number of amides is 2. The summed E-state index contributed by atoms with van der Waals surface area (Å²) in [7, 11) is 1.80. The smallest absolute Gasteiger partial charge is 0.241 e. The number of anilines is 2. The summed E-state index contributed by atoms with van der Waals surface area (Å²) in [6, 6.07) is 6.66. The van der Waals surface area contributed by atoms with E-state index < -0.39 is 0 Å². The van der Waals surface area contributed by atoms with Gasteiger partial charge in [-0.15, -0.1) is 0 Å². The van der Waals surface area contributed by atoms with Crippen LogP contribution in [-0.4, -0.2) is 54.3 Å². The summed E-state index contributed by atoms with van der Waals surface area (Å²) in [6.45, 7) is 3.59. The van der Waals surface area contributed by atoms with Gasteiger partial charge in [-0.2, -0.15) is 0 Å². The van der Waals surface area contributed by atoms with Gasteiger partial charge < -0.3 is 16.0 Å². The van der Waals surface area contributed by atoms with Gasteiger partial charge >= 0.3 is 0 Å². The Morgan fingerprint density at radius 3 is 2.62 bits per heavy atom. The number of nitrogens with two attached hydrogens (primary N) is 1. The van der Waals surface area contributed by atoms with Crippen LogP contribution >= 0.6 is 0 Å². The van der Waals surface area contributed by atoms with E-state index in [-0.39, 0.29) is 24.4 Å². The fraction of sp³-hybridized carbons (Fsp3) is 0.467. The molecule has 1 fully saturated rings. The van der Waals surface area contributed by atoms with Gasteiger partial charge in [0.15, 0.2) is 0 Å². The van der Waals surface area contributed by atoms with Crippen molar-refractivity contribution >= 4 is 23.2 Å². The minimum absolute atomic E-state index is 0.0552. The SMILES string of the molecule is CC(C(=O)Nc1ccc(N)cc1)N1CCCN(C)C(=O)C1. The van der Waals surface area contributed by atoms with Gasteiger partial charge in [0.05, 0.1) is 12.6 Å². The number of likely N-dealkylation sites (N-methyl/N-ethyl adjacent to an activating group) is 1. The maximum absolute atomic E-state index is 12.3. The van der Waals surface area contributed by atoms with Crippen LogP contribution in [0.4, 0.5) is 11.4 Å². The standard InChI is InChI=1S/C15H22N4O2/c1-11(19-9-3-8-18(2)14(20)10-19)15(21)17-13-6-4-12(16)5-7-13/h4-7,11H,3,8-10,16H2,1-2H3,(H,17,21). The van der Waals surface area contributed by atoms with E-state index >= 15 is 0 Å². The van der Waals surface area contributed by atoms with Gasteiger partial charge in [0.1, 0.15) is 0 Å². The van der Waals surface area contributed by atoms with E-state index in [0.29, 0.717) is 11.4 Å². The lowest BCUT2D eigenvalue weighted by molar-refractivity contribution is -0.131. The van der Waals surface area contributed by atoms with Crippen LogP contribution in [0.2, 0.25) is 0 Å². The predicted octanol–water partition coefficient (Wildman–Crippen LogP) is 0.760. The maximum atomic E-state index is 12.3. The Hall–Kier alpha value is -2.08. The van der Waals surface area contributed by atoms with E-state index in [2.05, 4.69) is 5.32 Å². The van der Waals surface area contributed by atoms with Crippen LogP contribution in [0.3, 0.4) is 0 Å². The predicted molar refractivity (Wildman–Crippen MR) is 82.8 cm³/mol. The molecule has 0 saturated carbocycles. The van der Waals surface area contributed by atoms with Crippen LogP contribution in [0.1, 0.15) is 13.3 Å². The van der Waals surface area contributed by atoms with Crippen LogP contribution in [0, 0.1) is 0 Å². The van der Waals surface area contributed by atoms with Gasteiger partial charge in [-0.3, -0.25) is 14.5 Å². The Balaban J connectivity index is 1.98. The first kappa shape index (κ1) is 15.3. The third-order valence-electron chi connectivity index (χ3n) is 3.81. The Bertz CT molecular complexity index is 515. The zero-order valence-corrected chi connectivity index (χ0v) is 12.5. The monoisotopic (exact) mass is 290 g/mol. The number of nitrogen functional groups attached to an aromatic ring is 1. The molecule has 1 heterocycles. The van der Waals surface area contributed by atoms with E-state index in [1.54, 1.807) is 36.2 Å². The summed E-state index contributed by atoms with van der Waals surface area (Å²) in [5.74, 6) is -0.0586. The van der Waals surface area contributed by atoms with Crippen molar-refractivity contribution in [1.29, 1.82) is 0 Å². The zero-order valence-electron chi connectivity index (χ0n) is 12.5. The molecule has 3 N–H and O–H groups in total. The molecular weight excluding hydrogens is 268 g/mol. The molecule has 0 aliphatic carbocycles. The molecule has 1 atom stereocenters. The first-order chi connectivity index (χ1) is 9.97. The van der Waals surface area contributed by atoms with E-state index in [4.69, 9.17) is 5.73 Å². The molecule has 0 bridgehead atoms. The lowest BCUT2D eigenvalue weighted by Gasteiger charge is -2.25. The molecule has 2 rings (SSSR count). The lowest BCUT2D eigenvalue weighted by Crippen LogP contribution is -2.45.